The number of benzene rings is 1. The van der Waals surface area contributed by atoms with E-state index < -0.39 is 0 Å². The quantitative estimate of drug-likeness (QED) is 0.869. The average molecular weight is 263 g/mol. The fourth-order valence-electron chi connectivity index (χ4n) is 1.72. The van der Waals surface area contributed by atoms with E-state index in [1.807, 2.05) is 18.2 Å². The van der Waals surface area contributed by atoms with Crippen molar-refractivity contribution < 1.29 is 9.84 Å². The Morgan fingerprint density at radius 2 is 2.22 bits per heavy atom. The van der Waals surface area contributed by atoms with Gasteiger partial charge in [-0.05, 0) is 24.4 Å². The van der Waals surface area contributed by atoms with Gasteiger partial charge in [0.2, 0.25) is 0 Å². The normalized spacial score (nSPS) is 12.3. The second-order valence-electron chi connectivity index (χ2n) is 4.11. The highest BCUT2D eigenvalue weighted by molar-refractivity contribution is 7.10. The van der Waals surface area contributed by atoms with Crippen LogP contribution in [0.25, 0.3) is 0 Å². The summed E-state index contributed by atoms with van der Waals surface area (Å²) in [6, 6.07) is 9.80. The van der Waals surface area contributed by atoms with Crippen LogP contribution in [0.15, 0.2) is 35.7 Å². The minimum absolute atomic E-state index is 0.264. The van der Waals surface area contributed by atoms with Crippen LogP contribution in [-0.4, -0.2) is 12.2 Å². The summed E-state index contributed by atoms with van der Waals surface area (Å²) in [5.74, 6) is 0.933. The van der Waals surface area contributed by atoms with Crippen molar-refractivity contribution in [2.24, 2.45) is 0 Å². The molecule has 0 bridgehead atoms. The highest BCUT2D eigenvalue weighted by Crippen LogP contribution is 2.24. The third-order valence-electron chi connectivity index (χ3n) is 2.86. The topological polar surface area (TPSA) is 41.5 Å². The number of hydrogen-bond acceptors (Lipinski definition) is 4. The predicted octanol–water partition coefficient (Wildman–Crippen LogP) is 3.31. The van der Waals surface area contributed by atoms with E-state index in [-0.39, 0.29) is 11.8 Å². The molecule has 0 aliphatic carbocycles. The summed E-state index contributed by atoms with van der Waals surface area (Å²) in [7, 11) is 1.59. The molecular formula is C14H17NO2S. The summed E-state index contributed by atoms with van der Waals surface area (Å²) in [4.78, 5) is 1.29. The number of ether oxygens (including phenoxy) is 1. The van der Waals surface area contributed by atoms with Crippen molar-refractivity contribution in [3.63, 3.8) is 0 Å². The van der Waals surface area contributed by atoms with Crippen LogP contribution in [0.5, 0.6) is 11.5 Å². The molecule has 1 heterocycles. The highest BCUT2D eigenvalue weighted by Gasteiger charge is 2.08. The summed E-state index contributed by atoms with van der Waals surface area (Å²) < 4.78 is 5.06. The van der Waals surface area contributed by atoms with Crippen molar-refractivity contribution in [3.05, 3.63) is 46.2 Å². The zero-order chi connectivity index (χ0) is 13.0. The van der Waals surface area contributed by atoms with Gasteiger partial charge < -0.3 is 15.2 Å². The average Bonchev–Trinajstić information content (AvgIpc) is 2.90. The van der Waals surface area contributed by atoms with Crippen LogP contribution in [0.2, 0.25) is 0 Å². The monoisotopic (exact) mass is 263 g/mol. The number of phenolic OH excluding ortho intramolecular Hbond substituents is 1. The SMILES string of the molecule is COc1ccc(CN[C@H](C)c2cccs2)c(O)c1. The van der Waals surface area contributed by atoms with Crippen molar-refractivity contribution in [1.29, 1.82) is 0 Å². The molecule has 18 heavy (non-hydrogen) atoms. The molecule has 3 nitrogen and oxygen atoms in total. The van der Waals surface area contributed by atoms with Gasteiger partial charge in [0.05, 0.1) is 7.11 Å². The van der Waals surface area contributed by atoms with E-state index in [1.54, 1.807) is 24.5 Å². The lowest BCUT2D eigenvalue weighted by Gasteiger charge is -2.13. The lowest BCUT2D eigenvalue weighted by atomic mass is 10.1. The van der Waals surface area contributed by atoms with E-state index in [0.717, 1.165) is 5.56 Å². The second-order valence-corrected chi connectivity index (χ2v) is 5.09. The van der Waals surface area contributed by atoms with Gasteiger partial charge in [0.1, 0.15) is 11.5 Å². The summed E-state index contributed by atoms with van der Waals surface area (Å²) in [6.07, 6.45) is 0. The molecule has 0 radical (unpaired) electrons. The van der Waals surface area contributed by atoms with Gasteiger partial charge >= 0.3 is 0 Å². The Balaban J connectivity index is 1.98. The molecule has 0 saturated heterocycles. The van der Waals surface area contributed by atoms with Crippen LogP contribution in [0.4, 0.5) is 0 Å². The molecule has 1 atom stereocenters. The Hall–Kier alpha value is -1.52. The summed E-state index contributed by atoms with van der Waals surface area (Å²) in [5.41, 5.74) is 0.874. The Bertz CT molecular complexity index is 497. The molecule has 4 heteroatoms. The van der Waals surface area contributed by atoms with Crippen LogP contribution < -0.4 is 10.1 Å². The van der Waals surface area contributed by atoms with Crippen LogP contribution in [-0.2, 0) is 6.54 Å². The Labute approximate surface area is 111 Å². The standard InChI is InChI=1S/C14H17NO2S/c1-10(14-4-3-7-18-14)15-9-11-5-6-12(17-2)8-13(11)16/h3-8,10,15-16H,9H2,1-2H3/t10-/m1/s1. The summed E-state index contributed by atoms with van der Waals surface area (Å²) in [6.45, 7) is 2.75. The zero-order valence-corrected chi connectivity index (χ0v) is 11.3. The molecule has 0 aliphatic rings. The molecule has 0 aliphatic heterocycles. The van der Waals surface area contributed by atoms with Gasteiger partial charge in [0.25, 0.3) is 0 Å². The first-order valence-corrected chi connectivity index (χ1v) is 6.71. The van der Waals surface area contributed by atoms with Gasteiger partial charge in [0.15, 0.2) is 0 Å². The number of phenols is 1. The number of nitrogens with one attached hydrogen (secondary N) is 1. The molecule has 0 saturated carbocycles. The minimum Gasteiger partial charge on any atom is -0.507 e. The molecule has 0 unspecified atom stereocenters. The van der Waals surface area contributed by atoms with Crippen LogP contribution in [0, 0.1) is 0 Å². The predicted molar refractivity (Wildman–Crippen MR) is 74.2 cm³/mol. The lowest BCUT2D eigenvalue weighted by Crippen LogP contribution is -2.17. The molecule has 0 fully saturated rings. The van der Waals surface area contributed by atoms with Crippen molar-refractivity contribution >= 4 is 11.3 Å². The molecule has 0 spiro atoms. The first kappa shape index (κ1) is 12.9. The minimum atomic E-state index is 0.264. The maximum atomic E-state index is 9.85. The maximum Gasteiger partial charge on any atom is 0.123 e. The number of rotatable bonds is 5. The van der Waals surface area contributed by atoms with Crippen molar-refractivity contribution in [2.45, 2.75) is 19.5 Å². The zero-order valence-electron chi connectivity index (χ0n) is 10.5. The van der Waals surface area contributed by atoms with Crippen LogP contribution in [0.1, 0.15) is 23.4 Å². The Kier molecular flexibility index (Phi) is 4.23. The van der Waals surface area contributed by atoms with Crippen molar-refractivity contribution in [1.82, 2.24) is 5.32 Å². The van der Waals surface area contributed by atoms with E-state index in [4.69, 9.17) is 4.74 Å². The van der Waals surface area contributed by atoms with E-state index in [9.17, 15) is 5.11 Å². The molecule has 1 aromatic carbocycles. The van der Waals surface area contributed by atoms with Crippen LogP contribution >= 0.6 is 11.3 Å². The lowest BCUT2D eigenvalue weighted by molar-refractivity contribution is 0.405. The third kappa shape index (κ3) is 3.03. The Morgan fingerprint density at radius 1 is 1.39 bits per heavy atom. The van der Waals surface area contributed by atoms with E-state index in [2.05, 4.69) is 23.7 Å². The fourth-order valence-corrected chi connectivity index (χ4v) is 2.48. The van der Waals surface area contributed by atoms with Gasteiger partial charge in [-0.1, -0.05) is 12.1 Å². The molecule has 96 valence electrons. The van der Waals surface area contributed by atoms with Crippen molar-refractivity contribution in [3.8, 4) is 11.5 Å². The van der Waals surface area contributed by atoms with Gasteiger partial charge in [-0.25, -0.2) is 0 Å². The largest absolute Gasteiger partial charge is 0.507 e. The van der Waals surface area contributed by atoms with Crippen molar-refractivity contribution in [2.75, 3.05) is 7.11 Å². The van der Waals surface area contributed by atoms with Gasteiger partial charge in [0, 0.05) is 29.1 Å². The summed E-state index contributed by atoms with van der Waals surface area (Å²) >= 11 is 1.73. The highest BCUT2D eigenvalue weighted by atomic mass is 32.1. The fraction of sp³-hybridized carbons (Fsp3) is 0.286. The molecule has 2 rings (SSSR count). The van der Waals surface area contributed by atoms with E-state index in [1.165, 1.54) is 4.88 Å². The number of hydrogen-bond donors (Lipinski definition) is 2. The maximum absolute atomic E-state index is 9.85. The smallest absolute Gasteiger partial charge is 0.123 e. The summed E-state index contributed by atoms with van der Waals surface area (Å²) in [5, 5.41) is 15.3. The number of methoxy groups -OCH3 is 1. The first-order valence-electron chi connectivity index (χ1n) is 5.83. The third-order valence-corrected chi connectivity index (χ3v) is 3.92. The van der Waals surface area contributed by atoms with E-state index >= 15 is 0 Å². The first-order chi connectivity index (χ1) is 8.70. The molecule has 2 aromatic rings. The molecule has 1 aromatic heterocycles. The Morgan fingerprint density at radius 3 is 2.83 bits per heavy atom. The second kappa shape index (κ2) is 5.89. The molecular weight excluding hydrogens is 246 g/mol. The molecule has 2 N–H and O–H groups in total. The van der Waals surface area contributed by atoms with Crippen LogP contribution in [0.3, 0.4) is 0 Å². The van der Waals surface area contributed by atoms with Gasteiger partial charge in [-0.3, -0.25) is 0 Å². The molecule has 0 amide bonds. The van der Waals surface area contributed by atoms with E-state index in [0.29, 0.717) is 12.3 Å². The number of thiophene rings is 1. The number of aromatic hydroxyl groups is 1. The van der Waals surface area contributed by atoms with Gasteiger partial charge in [-0.2, -0.15) is 0 Å². The van der Waals surface area contributed by atoms with Gasteiger partial charge in [-0.15, -0.1) is 11.3 Å².